The van der Waals surface area contributed by atoms with Gasteiger partial charge in [0.05, 0.1) is 0 Å². The fourth-order valence-corrected chi connectivity index (χ4v) is 3.72. The van der Waals surface area contributed by atoms with Crippen molar-refractivity contribution in [3.8, 4) is 11.5 Å². The van der Waals surface area contributed by atoms with Crippen LogP contribution in [0.4, 0.5) is 0 Å². The minimum atomic E-state index is -0.185. The van der Waals surface area contributed by atoms with Crippen molar-refractivity contribution in [1.82, 2.24) is 0 Å². The largest absolute Gasteiger partial charge is 0.508 e. The molecule has 0 aliphatic carbocycles. The van der Waals surface area contributed by atoms with E-state index in [2.05, 4.69) is 64.1 Å². The lowest BCUT2D eigenvalue weighted by atomic mass is 9.73. The summed E-state index contributed by atoms with van der Waals surface area (Å²) >= 11 is 0. The van der Waals surface area contributed by atoms with Gasteiger partial charge >= 0.3 is 0 Å². The Balaban J connectivity index is 2.05. The van der Waals surface area contributed by atoms with Crippen LogP contribution in [0.2, 0.25) is 0 Å². The monoisotopic (exact) mass is 374 g/mol. The van der Waals surface area contributed by atoms with Gasteiger partial charge in [-0.05, 0) is 59.4 Å². The first-order chi connectivity index (χ1) is 13.0. The summed E-state index contributed by atoms with van der Waals surface area (Å²) in [5.41, 5.74) is 6.24. The zero-order valence-corrected chi connectivity index (χ0v) is 17.7. The van der Waals surface area contributed by atoms with E-state index in [1.54, 1.807) is 12.1 Å². The second kappa shape index (κ2) is 7.01. The predicted molar refractivity (Wildman–Crippen MR) is 116 cm³/mol. The van der Waals surface area contributed by atoms with Gasteiger partial charge in [0.15, 0.2) is 0 Å². The summed E-state index contributed by atoms with van der Waals surface area (Å²) in [6, 6.07) is 20.4. The van der Waals surface area contributed by atoms with Crippen LogP contribution in [0, 0.1) is 13.8 Å². The van der Waals surface area contributed by atoms with Crippen molar-refractivity contribution >= 4 is 0 Å². The molecule has 0 heterocycles. The van der Waals surface area contributed by atoms with E-state index in [-0.39, 0.29) is 10.8 Å². The third-order valence-electron chi connectivity index (χ3n) is 6.14. The number of rotatable bonds is 4. The maximum absolute atomic E-state index is 9.88. The molecule has 3 aromatic carbocycles. The average molecular weight is 375 g/mol. The second-order valence-electron chi connectivity index (χ2n) is 8.83. The molecule has 0 saturated heterocycles. The van der Waals surface area contributed by atoms with Gasteiger partial charge in [-0.3, -0.25) is 0 Å². The third kappa shape index (κ3) is 3.52. The van der Waals surface area contributed by atoms with E-state index >= 15 is 0 Å². The Morgan fingerprint density at radius 3 is 1.25 bits per heavy atom. The van der Waals surface area contributed by atoms with Crippen LogP contribution >= 0.6 is 0 Å². The molecule has 0 fully saturated rings. The molecule has 146 valence electrons. The van der Waals surface area contributed by atoms with Gasteiger partial charge in [-0.25, -0.2) is 0 Å². The van der Waals surface area contributed by atoms with Gasteiger partial charge in [0.1, 0.15) is 11.5 Å². The van der Waals surface area contributed by atoms with Gasteiger partial charge in [-0.15, -0.1) is 0 Å². The maximum atomic E-state index is 9.88. The van der Waals surface area contributed by atoms with Gasteiger partial charge < -0.3 is 10.2 Å². The molecule has 2 N–H and O–H groups in total. The molecular formula is C26H30O2. The molecule has 0 spiro atoms. The number of hydrogen-bond donors (Lipinski definition) is 2. The van der Waals surface area contributed by atoms with Crippen molar-refractivity contribution in [2.45, 2.75) is 52.4 Å². The van der Waals surface area contributed by atoms with Crippen LogP contribution < -0.4 is 0 Å². The third-order valence-corrected chi connectivity index (χ3v) is 6.14. The summed E-state index contributed by atoms with van der Waals surface area (Å²) in [6.45, 7) is 12.7. The first-order valence-corrected chi connectivity index (χ1v) is 9.74. The van der Waals surface area contributed by atoms with Crippen LogP contribution in [0.5, 0.6) is 11.5 Å². The van der Waals surface area contributed by atoms with Crippen molar-refractivity contribution in [3.63, 3.8) is 0 Å². The Labute approximate surface area is 168 Å². The van der Waals surface area contributed by atoms with Crippen LogP contribution in [0.1, 0.15) is 61.1 Å². The summed E-state index contributed by atoms with van der Waals surface area (Å²) in [5, 5.41) is 19.8. The summed E-state index contributed by atoms with van der Waals surface area (Å²) in [7, 11) is 0. The Morgan fingerprint density at radius 1 is 0.536 bits per heavy atom. The molecule has 3 aromatic rings. The molecule has 0 saturated carbocycles. The molecule has 0 aromatic heterocycles. The fourth-order valence-electron chi connectivity index (χ4n) is 3.72. The van der Waals surface area contributed by atoms with Gasteiger partial charge in [0.2, 0.25) is 0 Å². The normalized spacial score (nSPS) is 12.2. The summed E-state index contributed by atoms with van der Waals surface area (Å²) < 4.78 is 0. The van der Waals surface area contributed by atoms with Crippen LogP contribution in [0.3, 0.4) is 0 Å². The Hall–Kier alpha value is -2.74. The number of phenols is 2. The number of aryl methyl sites for hydroxylation is 2. The highest BCUT2D eigenvalue weighted by atomic mass is 16.3. The Bertz CT molecular complexity index is 934. The van der Waals surface area contributed by atoms with Crippen LogP contribution in [0.15, 0.2) is 60.7 Å². The minimum absolute atomic E-state index is 0.185. The maximum Gasteiger partial charge on any atom is 0.118 e. The zero-order chi connectivity index (χ0) is 20.7. The van der Waals surface area contributed by atoms with E-state index < -0.39 is 0 Å². The van der Waals surface area contributed by atoms with Crippen LogP contribution in [0.25, 0.3) is 0 Å². The Kier molecular flexibility index (Phi) is 5.01. The molecule has 0 radical (unpaired) electrons. The van der Waals surface area contributed by atoms with E-state index in [0.29, 0.717) is 11.5 Å². The summed E-state index contributed by atoms with van der Waals surface area (Å²) in [6.07, 6.45) is 0. The molecule has 2 heteroatoms. The predicted octanol–water partition coefficient (Wildman–Crippen LogP) is 6.37. The van der Waals surface area contributed by atoms with E-state index in [0.717, 1.165) is 11.1 Å². The lowest BCUT2D eigenvalue weighted by Crippen LogP contribution is -2.23. The molecular weight excluding hydrogens is 344 g/mol. The highest BCUT2D eigenvalue weighted by molar-refractivity contribution is 5.48. The molecule has 0 atom stereocenters. The van der Waals surface area contributed by atoms with Crippen molar-refractivity contribution in [2.24, 2.45) is 0 Å². The van der Waals surface area contributed by atoms with E-state index in [9.17, 15) is 10.2 Å². The number of benzene rings is 3. The quantitative estimate of drug-likeness (QED) is 0.557. The fraction of sp³-hybridized carbons (Fsp3) is 0.308. The molecule has 0 aliphatic heterocycles. The lowest BCUT2D eigenvalue weighted by Gasteiger charge is -2.31. The van der Waals surface area contributed by atoms with Crippen molar-refractivity contribution in [1.29, 1.82) is 0 Å². The van der Waals surface area contributed by atoms with Crippen molar-refractivity contribution < 1.29 is 10.2 Å². The van der Waals surface area contributed by atoms with Gasteiger partial charge in [-0.1, -0.05) is 76.2 Å². The zero-order valence-electron chi connectivity index (χ0n) is 17.7. The van der Waals surface area contributed by atoms with Gasteiger partial charge in [0.25, 0.3) is 0 Å². The first kappa shape index (κ1) is 20.0. The number of aromatic hydroxyl groups is 2. The highest BCUT2D eigenvalue weighted by Crippen LogP contribution is 2.38. The summed E-state index contributed by atoms with van der Waals surface area (Å²) in [4.78, 5) is 0. The van der Waals surface area contributed by atoms with E-state index in [1.165, 1.54) is 22.3 Å². The highest BCUT2D eigenvalue weighted by Gasteiger charge is 2.28. The molecule has 0 amide bonds. The smallest absolute Gasteiger partial charge is 0.118 e. The van der Waals surface area contributed by atoms with Crippen molar-refractivity contribution in [3.05, 3.63) is 94.0 Å². The lowest BCUT2D eigenvalue weighted by molar-refractivity contribution is 0.469. The second-order valence-corrected chi connectivity index (χ2v) is 8.83. The van der Waals surface area contributed by atoms with Gasteiger partial charge in [0, 0.05) is 10.8 Å². The van der Waals surface area contributed by atoms with E-state index in [1.807, 2.05) is 26.0 Å². The number of hydrogen-bond acceptors (Lipinski definition) is 2. The van der Waals surface area contributed by atoms with Crippen LogP contribution in [-0.4, -0.2) is 10.2 Å². The molecule has 28 heavy (non-hydrogen) atoms. The molecule has 0 aliphatic rings. The molecule has 0 unspecified atom stereocenters. The standard InChI is InChI=1S/C26H30O2/c1-17-14-21(10-12-23(17)27)25(3,4)19-8-7-9-20(16-19)26(5,6)22-11-13-24(28)18(2)15-22/h7-16,27-28H,1-6H3. The topological polar surface area (TPSA) is 40.5 Å². The first-order valence-electron chi connectivity index (χ1n) is 9.74. The SMILES string of the molecule is Cc1cc(C(C)(C)c2cccc(C(C)(C)c3ccc(O)c(C)c3)c2)ccc1O. The average Bonchev–Trinajstić information content (AvgIpc) is 2.66. The molecule has 2 nitrogen and oxygen atoms in total. The van der Waals surface area contributed by atoms with E-state index in [4.69, 9.17) is 0 Å². The molecule has 3 rings (SSSR count). The van der Waals surface area contributed by atoms with Crippen molar-refractivity contribution in [2.75, 3.05) is 0 Å². The summed E-state index contributed by atoms with van der Waals surface area (Å²) in [5.74, 6) is 0.661. The minimum Gasteiger partial charge on any atom is -0.508 e. The molecule has 0 bridgehead atoms. The number of phenolic OH excluding ortho intramolecular Hbond substituents is 2. The Morgan fingerprint density at radius 2 is 0.893 bits per heavy atom. The van der Waals surface area contributed by atoms with Crippen LogP contribution in [-0.2, 0) is 10.8 Å². The van der Waals surface area contributed by atoms with Gasteiger partial charge in [-0.2, -0.15) is 0 Å².